The van der Waals surface area contributed by atoms with E-state index < -0.39 is 0 Å². The fourth-order valence-corrected chi connectivity index (χ4v) is 7.09. The van der Waals surface area contributed by atoms with Crippen LogP contribution in [0, 0.1) is 28.6 Å². The number of ether oxygens (including phenoxy) is 1. The number of carbonyl (C=O) groups excluding carboxylic acids is 1. The zero-order valence-corrected chi connectivity index (χ0v) is 16.5. The van der Waals surface area contributed by atoms with Crippen LogP contribution in [0.15, 0.2) is 11.6 Å². The van der Waals surface area contributed by atoms with Gasteiger partial charge in [-0.25, -0.2) is 0 Å². The van der Waals surface area contributed by atoms with E-state index in [0.717, 1.165) is 31.8 Å². The van der Waals surface area contributed by atoms with Gasteiger partial charge in [0, 0.05) is 23.9 Å². The zero-order chi connectivity index (χ0) is 17.7. The highest BCUT2D eigenvalue weighted by Gasteiger charge is 2.60. The first-order valence-corrected chi connectivity index (χ1v) is 10.9. The summed E-state index contributed by atoms with van der Waals surface area (Å²) >= 11 is 0. The lowest BCUT2D eigenvalue weighted by atomic mass is 9.47. The highest BCUT2D eigenvalue weighted by molar-refractivity contribution is 5.87. The molecule has 25 heavy (non-hydrogen) atoms. The van der Waals surface area contributed by atoms with Crippen LogP contribution in [0.25, 0.3) is 0 Å². The summed E-state index contributed by atoms with van der Waals surface area (Å²) in [6, 6.07) is 0. The van der Waals surface area contributed by atoms with E-state index in [1.165, 1.54) is 44.9 Å². The van der Waals surface area contributed by atoms with Crippen LogP contribution in [0.5, 0.6) is 0 Å². The molecule has 140 valence electrons. The number of rotatable bonds is 4. The van der Waals surface area contributed by atoms with Crippen molar-refractivity contribution < 1.29 is 9.53 Å². The van der Waals surface area contributed by atoms with Gasteiger partial charge < -0.3 is 4.74 Å². The van der Waals surface area contributed by atoms with Gasteiger partial charge >= 0.3 is 0 Å². The van der Waals surface area contributed by atoms with E-state index in [0.29, 0.717) is 23.7 Å². The van der Waals surface area contributed by atoms with Crippen molar-refractivity contribution in [3.05, 3.63) is 11.6 Å². The van der Waals surface area contributed by atoms with Gasteiger partial charge in [-0.2, -0.15) is 0 Å². The molecule has 6 atom stereocenters. The van der Waals surface area contributed by atoms with E-state index in [2.05, 4.69) is 26.8 Å². The molecule has 3 fully saturated rings. The minimum atomic E-state index is -0.0178. The standard InChI is InChI=1S/C23H36O2/c1-4-5-15-25-21-8-6-7-16-9-10-17-18-11-12-20(24)22(18,2)14-13-19(17)23(16,21)3/h9,17-19,21H,4-8,10-15H2,1-3H3/t17-,18-,19-,21?,22-,23-/m0/s1. The Morgan fingerprint density at radius 2 is 2.00 bits per heavy atom. The van der Waals surface area contributed by atoms with Crippen molar-refractivity contribution in [2.45, 2.75) is 91.1 Å². The second-order valence-electron chi connectivity index (χ2n) is 9.65. The molecule has 0 aliphatic heterocycles. The average molecular weight is 345 g/mol. The molecule has 0 heterocycles. The predicted molar refractivity (Wildman–Crippen MR) is 101 cm³/mol. The Labute approximate surface area is 153 Å². The summed E-state index contributed by atoms with van der Waals surface area (Å²) < 4.78 is 6.49. The molecular weight excluding hydrogens is 308 g/mol. The van der Waals surface area contributed by atoms with Gasteiger partial charge in [0.05, 0.1) is 6.10 Å². The van der Waals surface area contributed by atoms with Crippen molar-refractivity contribution in [2.24, 2.45) is 28.6 Å². The highest BCUT2D eigenvalue weighted by Crippen LogP contribution is 2.64. The van der Waals surface area contributed by atoms with Crippen molar-refractivity contribution in [2.75, 3.05) is 6.61 Å². The van der Waals surface area contributed by atoms with Crippen LogP contribution in [0.2, 0.25) is 0 Å². The minimum absolute atomic E-state index is 0.0178. The van der Waals surface area contributed by atoms with Gasteiger partial charge in [-0.15, -0.1) is 0 Å². The summed E-state index contributed by atoms with van der Waals surface area (Å²) in [5.74, 6) is 2.60. The molecular formula is C23H36O2. The SMILES string of the molecule is CCCCOC1CCCC2=CC[C@H]3[C@@H]4CCC(=O)[C@@]4(C)CC[C@@H]3[C@]21C. The molecule has 4 aliphatic rings. The molecule has 0 amide bonds. The van der Waals surface area contributed by atoms with E-state index >= 15 is 0 Å². The number of Topliss-reactive ketones (excluding diaryl/α,β-unsaturated/α-hetero) is 1. The second kappa shape index (κ2) is 6.51. The molecule has 0 spiro atoms. The van der Waals surface area contributed by atoms with Gasteiger partial charge in [0.25, 0.3) is 0 Å². The molecule has 0 saturated heterocycles. The third kappa shape index (κ3) is 2.58. The smallest absolute Gasteiger partial charge is 0.139 e. The summed E-state index contributed by atoms with van der Waals surface area (Å²) in [5.41, 5.74) is 1.90. The second-order valence-corrected chi connectivity index (χ2v) is 9.65. The molecule has 3 saturated carbocycles. The maximum absolute atomic E-state index is 12.6. The monoisotopic (exact) mass is 344 g/mol. The number of fused-ring (bicyclic) bond motifs is 5. The predicted octanol–water partition coefficient (Wildman–Crippen LogP) is 5.70. The molecule has 1 unspecified atom stereocenters. The van der Waals surface area contributed by atoms with Gasteiger partial charge in [0.2, 0.25) is 0 Å². The van der Waals surface area contributed by atoms with Crippen LogP contribution in [0.4, 0.5) is 0 Å². The molecule has 0 aromatic heterocycles. The lowest BCUT2D eigenvalue weighted by Gasteiger charge is -2.58. The Bertz CT molecular complexity index is 564. The number of carbonyl (C=O) groups is 1. The average Bonchev–Trinajstić information content (AvgIpc) is 2.91. The number of unbranched alkanes of at least 4 members (excludes halogenated alkanes) is 1. The maximum Gasteiger partial charge on any atom is 0.139 e. The van der Waals surface area contributed by atoms with Crippen LogP contribution < -0.4 is 0 Å². The van der Waals surface area contributed by atoms with E-state index in [9.17, 15) is 4.79 Å². The molecule has 0 radical (unpaired) electrons. The minimum Gasteiger partial charge on any atom is -0.377 e. The lowest BCUT2D eigenvalue weighted by Crippen LogP contribution is -2.54. The van der Waals surface area contributed by atoms with Gasteiger partial charge in [-0.05, 0) is 69.1 Å². The van der Waals surface area contributed by atoms with Crippen molar-refractivity contribution in [1.82, 2.24) is 0 Å². The summed E-state index contributed by atoms with van der Waals surface area (Å²) in [5, 5.41) is 0. The molecule has 0 bridgehead atoms. The fourth-order valence-electron chi connectivity index (χ4n) is 7.09. The summed E-state index contributed by atoms with van der Waals surface area (Å²) in [4.78, 5) is 12.6. The number of ketones is 1. The van der Waals surface area contributed by atoms with Gasteiger partial charge in [0.15, 0.2) is 0 Å². The van der Waals surface area contributed by atoms with E-state index in [1.54, 1.807) is 5.57 Å². The van der Waals surface area contributed by atoms with Crippen LogP contribution in [-0.2, 0) is 9.53 Å². The summed E-state index contributed by atoms with van der Waals surface area (Å²) in [7, 11) is 0. The van der Waals surface area contributed by atoms with E-state index in [4.69, 9.17) is 4.74 Å². The van der Waals surface area contributed by atoms with E-state index in [-0.39, 0.29) is 10.8 Å². The third-order valence-corrected chi connectivity index (χ3v) is 8.64. The zero-order valence-electron chi connectivity index (χ0n) is 16.5. The first-order valence-electron chi connectivity index (χ1n) is 10.9. The Hall–Kier alpha value is -0.630. The van der Waals surface area contributed by atoms with Crippen LogP contribution in [-0.4, -0.2) is 18.5 Å². The molecule has 0 aromatic rings. The summed E-state index contributed by atoms with van der Waals surface area (Å²) in [6.07, 6.45) is 14.7. The lowest BCUT2D eigenvalue weighted by molar-refractivity contribution is -0.137. The van der Waals surface area contributed by atoms with Crippen LogP contribution >= 0.6 is 0 Å². The number of hydrogen-bond donors (Lipinski definition) is 0. The van der Waals surface area contributed by atoms with Crippen molar-refractivity contribution in [3.63, 3.8) is 0 Å². The largest absolute Gasteiger partial charge is 0.377 e. The van der Waals surface area contributed by atoms with Crippen LogP contribution in [0.3, 0.4) is 0 Å². The van der Waals surface area contributed by atoms with Gasteiger partial charge in [0.1, 0.15) is 5.78 Å². The van der Waals surface area contributed by atoms with Crippen LogP contribution in [0.1, 0.15) is 85.0 Å². The van der Waals surface area contributed by atoms with Gasteiger partial charge in [-0.1, -0.05) is 38.8 Å². The third-order valence-electron chi connectivity index (χ3n) is 8.64. The molecule has 2 nitrogen and oxygen atoms in total. The Morgan fingerprint density at radius 3 is 2.80 bits per heavy atom. The quantitative estimate of drug-likeness (QED) is 0.483. The topological polar surface area (TPSA) is 26.3 Å². The number of hydrogen-bond acceptors (Lipinski definition) is 2. The maximum atomic E-state index is 12.6. The van der Waals surface area contributed by atoms with Crippen molar-refractivity contribution >= 4 is 5.78 Å². The normalized spacial score (nSPS) is 46.2. The molecule has 0 aromatic carbocycles. The molecule has 0 N–H and O–H groups in total. The Morgan fingerprint density at radius 1 is 1.16 bits per heavy atom. The fraction of sp³-hybridized carbons (Fsp3) is 0.870. The molecule has 2 heteroatoms. The van der Waals surface area contributed by atoms with E-state index in [1.807, 2.05) is 0 Å². The Kier molecular flexibility index (Phi) is 4.63. The number of allylic oxidation sites excluding steroid dienone is 1. The first kappa shape index (κ1) is 17.8. The Balaban J connectivity index is 1.63. The highest BCUT2D eigenvalue weighted by atomic mass is 16.5. The van der Waals surface area contributed by atoms with Gasteiger partial charge in [-0.3, -0.25) is 4.79 Å². The summed E-state index contributed by atoms with van der Waals surface area (Å²) in [6.45, 7) is 7.96. The molecule has 4 rings (SSSR count). The molecule has 4 aliphatic carbocycles. The van der Waals surface area contributed by atoms with Crippen molar-refractivity contribution in [1.29, 1.82) is 0 Å². The first-order chi connectivity index (χ1) is 12.0. The van der Waals surface area contributed by atoms with Crippen molar-refractivity contribution in [3.8, 4) is 0 Å².